The summed E-state index contributed by atoms with van der Waals surface area (Å²) in [7, 11) is 0. The Labute approximate surface area is 107 Å². The van der Waals surface area contributed by atoms with Gasteiger partial charge in [0.05, 0.1) is 5.56 Å². The average molecular weight is 298 g/mol. The van der Waals surface area contributed by atoms with Gasteiger partial charge in [-0.25, -0.2) is 4.79 Å². The van der Waals surface area contributed by atoms with Crippen molar-refractivity contribution in [2.45, 2.75) is 18.2 Å². The molecule has 1 N–H and O–H groups in total. The normalized spacial score (nSPS) is 19.8. The van der Waals surface area contributed by atoms with E-state index in [1.807, 2.05) is 6.92 Å². The summed E-state index contributed by atoms with van der Waals surface area (Å²) in [6, 6.07) is 4.83. The SMILES string of the molecule is Cc1ccc(C(=O)O)cc1N1CC(Br)CC1=O. The van der Waals surface area contributed by atoms with Crippen molar-refractivity contribution in [3.05, 3.63) is 29.3 Å². The van der Waals surface area contributed by atoms with Gasteiger partial charge >= 0.3 is 5.97 Å². The number of hydrogen-bond acceptors (Lipinski definition) is 2. The van der Waals surface area contributed by atoms with Crippen LogP contribution in [-0.4, -0.2) is 28.4 Å². The average Bonchev–Trinajstić information content (AvgIpc) is 2.58. The number of halogens is 1. The van der Waals surface area contributed by atoms with Gasteiger partial charge in [0.1, 0.15) is 0 Å². The molecule has 5 heteroatoms. The number of carboxylic acids is 1. The van der Waals surface area contributed by atoms with Crippen LogP contribution in [0.5, 0.6) is 0 Å². The Kier molecular flexibility index (Phi) is 3.19. The number of nitrogens with zero attached hydrogens (tertiary/aromatic N) is 1. The highest BCUT2D eigenvalue weighted by atomic mass is 79.9. The minimum absolute atomic E-state index is 0.0255. The highest BCUT2D eigenvalue weighted by molar-refractivity contribution is 9.09. The molecule has 0 bridgehead atoms. The summed E-state index contributed by atoms with van der Waals surface area (Å²) in [5.74, 6) is -0.953. The molecule has 0 aliphatic carbocycles. The van der Waals surface area contributed by atoms with E-state index < -0.39 is 5.97 Å². The van der Waals surface area contributed by atoms with E-state index in [1.54, 1.807) is 23.1 Å². The van der Waals surface area contributed by atoms with Gasteiger partial charge in [-0.3, -0.25) is 4.79 Å². The molecule has 1 aromatic carbocycles. The van der Waals surface area contributed by atoms with E-state index in [9.17, 15) is 9.59 Å². The summed E-state index contributed by atoms with van der Waals surface area (Å²) in [6.07, 6.45) is 0.455. The van der Waals surface area contributed by atoms with Crippen molar-refractivity contribution in [3.8, 4) is 0 Å². The van der Waals surface area contributed by atoms with E-state index in [4.69, 9.17) is 5.11 Å². The van der Waals surface area contributed by atoms with Crippen LogP contribution in [0.25, 0.3) is 0 Å². The van der Waals surface area contributed by atoms with E-state index in [0.717, 1.165) is 5.56 Å². The number of carboxylic acid groups (broad SMARTS) is 1. The second-order valence-corrected chi connectivity index (χ2v) is 5.41. The molecule has 1 fully saturated rings. The van der Waals surface area contributed by atoms with E-state index in [1.165, 1.54) is 0 Å². The fraction of sp³-hybridized carbons (Fsp3) is 0.333. The molecule has 1 aromatic rings. The number of alkyl halides is 1. The molecule has 2 rings (SSSR count). The zero-order valence-corrected chi connectivity index (χ0v) is 10.9. The molecule has 1 amide bonds. The summed E-state index contributed by atoms with van der Waals surface area (Å²) >= 11 is 3.41. The molecule has 1 aliphatic heterocycles. The minimum Gasteiger partial charge on any atom is -0.478 e. The van der Waals surface area contributed by atoms with Crippen LogP contribution in [0.2, 0.25) is 0 Å². The molecular weight excluding hydrogens is 286 g/mol. The Hall–Kier alpha value is -1.36. The zero-order valence-electron chi connectivity index (χ0n) is 9.31. The molecule has 1 aliphatic rings. The summed E-state index contributed by atoms with van der Waals surface area (Å²) in [6.45, 7) is 2.46. The molecule has 0 aromatic heterocycles. The lowest BCUT2D eigenvalue weighted by Crippen LogP contribution is -2.25. The Morgan fingerprint density at radius 2 is 2.24 bits per heavy atom. The van der Waals surface area contributed by atoms with Crippen LogP contribution in [0, 0.1) is 6.92 Å². The fourth-order valence-corrected chi connectivity index (χ4v) is 2.50. The third kappa shape index (κ3) is 2.34. The fourth-order valence-electron chi connectivity index (χ4n) is 1.93. The highest BCUT2D eigenvalue weighted by Gasteiger charge is 2.29. The number of carbonyl (C=O) groups excluding carboxylic acids is 1. The molecule has 90 valence electrons. The first-order chi connectivity index (χ1) is 7.99. The first-order valence-electron chi connectivity index (χ1n) is 5.27. The third-order valence-corrected chi connectivity index (χ3v) is 3.44. The molecule has 1 atom stereocenters. The largest absolute Gasteiger partial charge is 0.478 e. The lowest BCUT2D eigenvalue weighted by Gasteiger charge is -2.19. The van der Waals surface area contributed by atoms with E-state index in [2.05, 4.69) is 15.9 Å². The van der Waals surface area contributed by atoms with E-state index in [0.29, 0.717) is 18.7 Å². The maximum Gasteiger partial charge on any atom is 0.335 e. The molecule has 1 saturated heterocycles. The smallest absolute Gasteiger partial charge is 0.335 e. The Morgan fingerprint density at radius 3 is 2.76 bits per heavy atom. The number of aryl methyl sites for hydroxylation is 1. The lowest BCUT2D eigenvalue weighted by molar-refractivity contribution is -0.117. The number of carbonyl (C=O) groups is 2. The van der Waals surface area contributed by atoms with Crippen molar-refractivity contribution < 1.29 is 14.7 Å². The molecule has 0 radical (unpaired) electrons. The van der Waals surface area contributed by atoms with E-state index in [-0.39, 0.29) is 16.3 Å². The van der Waals surface area contributed by atoms with Crippen molar-refractivity contribution in [2.75, 3.05) is 11.4 Å². The van der Waals surface area contributed by atoms with Gasteiger partial charge in [-0.2, -0.15) is 0 Å². The maximum atomic E-state index is 11.8. The van der Waals surface area contributed by atoms with E-state index >= 15 is 0 Å². The summed E-state index contributed by atoms with van der Waals surface area (Å²) in [5.41, 5.74) is 1.80. The number of rotatable bonds is 2. The first kappa shape index (κ1) is 12.1. The summed E-state index contributed by atoms with van der Waals surface area (Å²) < 4.78 is 0. The predicted molar refractivity (Wildman–Crippen MR) is 67.8 cm³/mol. The van der Waals surface area contributed by atoms with Gasteiger partial charge in [0.2, 0.25) is 5.91 Å². The number of aromatic carboxylic acids is 1. The number of hydrogen-bond donors (Lipinski definition) is 1. The molecule has 0 saturated carbocycles. The second-order valence-electron chi connectivity index (χ2n) is 4.11. The van der Waals surface area contributed by atoms with Crippen molar-refractivity contribution in [1.82, 2.24) is 0 Å². The number of anilines is 1. The quantitative estimate of drug-likeness (QED) is 0.852. The van der Waals surface area contributed by atoms with Crippen LogP contribution >= 0.6 is 15.9 Å². The summed E-state index contributed by atoms with van der Waals surface area (Å²) in [5, 5.41) is 8.95. The van der Waals surface area contributed by atoms with Crippen LogP contribution in [-0.2, 0) is 4.79 Å². The van der Waals surface area contributed by atoms with Gasteiger partial charge in [0.25, 0.3) is 0 Å². The van der Waals surface area contributed by atoms with Crippen molar-refractivity contribution >= 4 is 33.5 Å². The van der Waals surface area contributed by atoms with Crippen LogP contribution in [0.15, 0.2) is 18.2 Å². The van der Waals surface area contributed by atoms with Gasteiger partial charge in [-0.1, -0.05) is 22.0 Å². The second kappa shape index (κ2) is 4.49. The van der Waals surface area contributed by atoms with Crippen molar-refractivity contribution in [2.24, 2.45) is 0 Å². The lowest BCUT2D eigenvalue weighted by atomic mass is 10.1. The number of amides is 1. The first-order valence-corrected chi connectivity index (χ1v) is 6.19. The van der Waals surface area contributed by atoms with Crippen LogP contribution in [0.4, 0.5) is 5.69 Å². The molecule has 1 unspecified atom stereocenters. The Balaban J connectivity index is 2.41. The van der Waals surface area contributed by atoms with Gasteiger partial charge in [-0.15, -0.1) is 0 Å². The Bertz CT molecular complexity index is 487. The standard InChI is InChI=1S/C12H12BrNO3/c1-7-2-3-8(12(16)17)4-10(7)14-6-9(13)5-11(14)15/h2-4,9H,5-6H2,1H3,(H,16,17). The minimum atomic E-state index is -0.978. The maximum absolute atomic E-state index is 11.8. The zero-order chi connectivity index (χ0) is 12.6. The highest BCUT2D eigenvalue weighted by Crippen LogP contribution is 2.28. The Morgan fingerprint density at radius 1 is 1.53 bits per heavy atom. The topological polar surface area (TPSA) is 57.6 Å². The monoisotopic (exact) mass is 297 g/mol. The molecule has 0 spiro atoms. The van der Waals surface area contributed by atoms with Gasteiger partial charge in [-0.05, 0) is 24.6 Å². The third-order valence-electron chi connectivity index (χ3n) is 2.82. The van der Waals surface area contributed by atoms with Gasteiger partial charge in [0.15, 0.2) is 0 Å². The van der Waals surface area contributed by atoms with Crippen molar-refractivity contribution in [1.29, 1.82) is 0 Å². The summed E-state index contributed by atoms with van der Waals surface area (Å²) in [4.78, 5) is 24.5. The molecular formula is C12H12BrNO3. The molecule has 4 nitrogen and oxygen atoms in total. The molecule has 17 heavy (non-hydrogen) atoms. The molecule has 1 heterocycles. The van der Waals surface area contributed by atoms with Crippen LogP contribution < -0.4 is 4.90 Å². The predicted octanol–water partition coefficient (Wildman–Crippen LogP) is 2.19. The number of benzene rings is 1. The van der Waals surface area contributed by atoms with Crippen LogP contribution in [0.3, 0.4) is 0 Å². The van der Waals surface area contributed by atoms with Crippen molar-refractivity contribution in [3.63, 3.8) is 0 Å². The van der Waals surface area contributed by atoms with Crippen LogP contribution in [0.1, 0.15) is 22.3 Å². The van der Waals surface area contributed by atoms with Gasteiger partial charge in [0, 0.05) is 23.5 Å². The van der Waals surface area contributed by atoms with Gasteiger partial charge < -0.3 is 10.0 Å².